The van der Waals surface area contributed by atoms with E-state index >= 15 is 0 Å². The number of halogens is 1. The zero-order valence-corrected chi connectivity index (χ0v) is 13.3. The number of aryl methyl sites for hydroxylation is 2. The molecule has 2 nitrogen and oxygen atoms in total. The molecule has 20 heavy (non-hydrogen) atoms. The van der Waals surface area contributed by atoms with Crippen LogP contribution in [0.3, 0.4) is 0 Å². The third-order valence-electron chi connectivity index (χ3n) is 3.56. The average molecular weight is 348 g/mol. The summed E-state index contributed by atoms with van der Waals surface area (Å²) in [5.74, 6) is -0.125. The minimum atomic E-state index is -0.125. The van der Waals surface area contributed by atoms with Gasteiger partial charge in [0.15, 0.2) is 0 Å². The lowest BCUT2D eigenvalue weighted by molar-refractivity contribution is 0.102. The summed E-state index contributed by atoms with van der Waals surface area (Å²) in [6.45, 7) is 0. The number of benzene rings is 2. The van der Waals surface area contributed by atoms with Crippen LogP contribution in [0.2, 0.25) is 0 Å². The topological polar surface area (TPSA) is 29.1 Å². The second-order valence-electron chi connectivity index (χ2n) is 4.95. The van der Waals surface area contributed by atoms with E-state index in [0.29, 0.717) is 10.5 Å². The monoisotopic (exact) mass is 347 g/mol. The van der Waals surface area contributed by atoms with Crippen LogP contribution in [0.1, 0.15) is 27.9 Å². The van der Waals surface area contributed by atoms with Crippen LogP contribution in [0.25, 0.3) is 0 Å². The summed E-state index contributed by atoms with van der Waals surface area (Å²) < 4.78 is 0.914. The van der Waals surface area contributed by atoms with Crippen LogP contribution in [0.5, 0.6) is 0 Å². The Labute approximate surface area is 132 Å². The van der Waals surface area contributed by atoms with Gasteiger partial charge < -0.3 is 5.32 Å². The van der Waals surface area contributed by atoms with Gasteiger partial charge in [-0.15, -0.1) is 12.6 Å². The molecule has 0 aromatic heterocycles. The Kier molecular flexibility index (Phi) is 3.85. The molecule has 0 saturated carbocycles. The number of carbonyl (C=O) groups excluding carboxylic acids is 1. The molecule has 0 spiro atoms. The van der Waals surface area contributed by atoms with Crippen LogP contribution in [-0.4, -0.2) is 5.91 Å². The lowest BCUT2D eigenvalue weighted by atomic mass is 10.1. The maximum atomic E-state index is 12.3. The van der Waals surface area contributed by atoms with Crippen molar-refractivity contribution in [2.75, 3.05) is 5.32 Å². The molecule has 0 fully saturated rings. The normalized spacial score (nSPS) is 13.1. The second-order valence-corrected chi connectivity index (χ2v) is 6.35. The maximum Gasteiger partial charge on any atom is 0.256 e. The summed E-state index contributed by atoms with van der Waals surface area (Å²) in [6.07, 6.45) is 3.46. The molecule has 0 bridgehead atoms. The molecule has 2 aromatic rings. The van der Waals surface area contributed by atoms with Gasteiger partial charge in [0.05, 0.1) is 5.56 Å². The van der Waals surface area contributed by atoms with E-state index < -0.39 is 0 Å². The van der Waals surface area contributed by atoms with Crippen molar-refractivity contribution in [2.24, 2.45) is 0 Å². The molecule has 3 rings (SSSR count). The van der Waals surface area contributed by atoms with Crippen molar-refractivity contribution in [3.05, 3.63) is 57.6 Å². The fraction of sp³-hybridized carbons (Fsp3) is 0.188. The van der Waals surface area contributed by atoms with Crippen LogP contribution >= 0.6 is 28.6 Å². The Morgan fingerprint density at radius 2 is 1.90 bits per heavy atom. The molecule has 102 valence electrons. The molecule has 1 aliphatic rings. The second kappa shape index (κ2) is 5.62. The zero-order chi connectivity index (χ0) is 14.1. The SMILES string of the molecule is O=C(Nc1ccc2c(c1)CCC2)c1ccc(Br)cc1S. The predicted octanol–water partition coefficient (Wildman–Crippen LogP) is 4.48. The van der Waals surface area contributed by atoms with Crippen molar-refractivity contribution in [2.45, 2.75) is 24.2 Å². The molecule has 1 aliphatic carbocycles. The van der Waals surface area contributed by atoms with Gasteiger partial charge in [-0.2, -0.15) is 0 Å². The molecule has 0 saturated heterocycles. The van der Waals surface area contributed by atoms with Gasteiger partial charge in [-0.3, -0.25) is 4.79 Å². The van der Waals surface area contributed by atoms with Crippen molar-refractivity contribution < 1.29 is 4.79 Å². The molecule has 1 N–H and O–H groups in total. The lowest BCUT2D eigenvalue weighted by Gasteiger charge is -2.09. The Bertz CT molecular complexity index is 684. The summed E-state index contributed by atoms with van der Waals surface area (Å²) in [5, 5.41) is 2.95. The van der Waals surface area contributed by atoms with Crippen LogP contribution in [0.15, 0.2) is 45.8 Å². The van der Waals surface area contributed by atoms with E-state index in [4.69, 9.17) is 0 Å². The first-order valence-electron chi connectivity index (χ1n) is 6.55. The van der Waals surface area contributed by atoms with Crippen molar-refractivity contribution >= 4 is 40.2 Å². The fourth-order valence-corrected chi connectivity index (χ4v) is 3.40. The Morgan fingerprint density at radius 3 is 2.70 bits per heavy atom. The predicted molar refractivity (Wildman–Crippen MR) is 87.8 cm³/mol. The number of hydrogen-bond acceptors (Lipinski definition) is 2. The van der Waals surface area contributed by atoms with Gasteiger partial charge in [0, 0.05) is 15.1 Å². The smallest absolute Gasteiger partial charge is 0.256 e. The van der Waals surface area contributed by atoms with Crippen molar-refractivity contribution in [1.82, 2.24) is 0 Å². The highest BCUT2D eigenvalue weighted by molar-refractivity contribution is 9.10. The number of thiol groups is 1. The van der Waals surface area contributed by atoms with Crippen molar-refractivity contribution in [3.8, 4) is 0 Å². The van der Waals surface area contributed by atoms with E-state index in [0.717, 1.165) is 23.0 Å². The van der Waals surface area contributed by atoms with E-state index in [1.165, 1.54) is 17.5 Å². The maximum absolute atomic E-state index is 12.3. The first kappa shape index (κ1) is 13.7. The van der Waals surface area contributed by atoms with Crippen molar-refractivity contribution in [3.63, 3.8) is 0 Å². The van der Waals surface area contributed by atoms with E-state index in [9.17, 15) is 4.79 Å². The quantitative estimate of drug-likeness (QED) is 0.770. The molecule has 0 radical (unpaired) electrons. The molecular weight excluding hydrogens is 334 g/mol. The van der Waals surface area contributed by atoms with Crippen LogP contribution in [0, 0.1) is 0 Å². The molecular formula is C16H14BrNOS. The minimum absolute atomic E-state index is 0.125. The number of amides is 1. The number of fused-ring (bicyclic) bond motifs is 1. The van der Waals surface area contributed by atoms with Gasteiger partial charge in [-0.05, 0) is 60.7 Å². The number of hydrogen-bond donors (Lipinski definition) is 2. The van der Waals surface area contributed by atoms with E-state index in [2.05, 4.69) is 46.0 Å². The van der Waals surface area contributed by atoms with Gasteiger partial charge in [-0.25, -0.2) is 0 Å². The van der Waals surface area contributed by atoms with E-state index in [1.807, 2.05) is 18.2 Å². The summed E-state index contributed by atoms with van der Waals surface area (Å²) >= 11 is 7.71. The molecule has 0 unspecified atom stereocenters. The van der Waals surface area contributed by atoms with Gasteiger partial charge in [0.25, 0.3) is 5.91 Å². The molecule has 4 heteroatoms. The molecule has 0 aliphatic heterocycles. The van der Waals surface area contributed by atoms with Crippen LogP contribution in [-0.2, 0) is 12.8 Å². The van der Waals surface area contributed by atoms with E-state index in [1.54, 1.807) is 6.07 Å². The Hall–Kier alpha value is -1.26. The first-order valence-corrected chi connectivity index (χ1v) is 7.79. The molecule has 0 heterocycles. The Balaban J connectivity index is 1.82. The zero-order valence-electron chi connectivity index (χ0n) is 10.8. The van der Waals surface area contributed by atoms with Gasteiger partial charge in [0.2, 0.25) is 0 Å². The van der Waals surface area contributed by atoms with Gasteiger partial charge >= 0.3 is 0 Å². The number of nitrogens with one attached hydrogen (secondary N) is 1. The summed E-state index contributed by atoms with van der Waals surface area (Å²) in [4.78, 5) is 12.9. The summed E-state index contributed by atoms with van der Waals surface area (Å²) in [5.41, 5.74) is 4.19. The highest BCUT2D eigenvalue weighted by Crippen LogP contribution is 2.26. The minimum Gasteiger partial charge on any atom is -0.322 e. The highest BCUT2D eigenvalue weighted by atomic mass is 79.9. The highest BCUT2D eigenvalue weighted by Gasteiger charge is 2.13. The Morgan fingerprint density at radius 1 is 1.10 bits per heavy atom. The molecule has 0 atom stereocenters. The average Bonchev–Trinajstić information content (AvgIpc) is 2.85. The number of rotatable bonds is 2. The molecule has 2 aromatic carbocycles. The van der Waals surface area contributed by atoms with Gasteiger partial charge in [-0.1, -0.05) is 22.0 Å². The number of anilines is 1. The third kappa shape index (κ3) is 2.76. The third-order valence-corrected chi connectivity index (χ3v) is 4.42. The number of carbonyl (C=O) groups is 1. The van der Waals surface area contributed by atoms with Crippen LogP contribution < -0.4 is 5.32 Å². The first-order chi connectivity index (χ1) is 9.63. The van der Waals surface area contributed by atoms with Crippen LogP contribution in [0.4, 0.5) is 5.69 Å². The lowest BCUT2D eigenvalue weighted by Crippen LogP contribution is -2.12. The molecule has 1 amide bonds. The summed E-state index contributed by atoms with van der Waals surface area (Å²) in [6, 6.07) is 11.6. The van der Waals surface area contributed by atoms with E-state index in [-0.39, 0.29) is 5.91 Å². The summed E-state index contributed by atoms with van der Waals surface area (Å²) in [7, 11) is 0. The largest absolute Gasteiger partial charge is 0.322 e. The van der Waals surface area contributed by atoms with Crippen molar-refractivity contribution in [1.29, 1.82) is 0 Å². The fourth-order valence-electron chi connectivity index (χ4n) is 2.54. The van der Waals surface area contributed by atoms with Gasteiger partial charge in [0.1, 0.15) is 0 Å². The standard InChI is InChI=1S/C16H14BrNOS/c17-12-5-7-14(15(20)9-12)16(19)18-13-6-4-10-2-1-3-11(10)8-13/h4-9,20H,1-3H2,(H,18,19).